The molecule has 2 rings (SSSR count). The fraction of sp³-hybridized carbons (Fsp3) is 1.00. The molecule has 0 aromatic rings. The van der Waals surface area contributed by atoms with E-state index in [4.69, 9.17) is 14.9 Å². The van der Waals surface area contributed by atoms with Crippen LogP contribution in [0.1, 0.15) is 19.3 Å². The minimum atomic E-state index is -0.238. The highest BCUT2D eigenvalue weighted by Gasteiger charge is 2.49. The van der Waals surface area contributed by atoms with E-state index in [1.165, 1.54) is 0 Å². The zero-order valence-corrected chi connectivity index (χ0v) is 6.49. The van der Waals surface area contributed by atoms with E-state index in [1.54, 1.807) is 0 Å². The van der Waals surface area contributed by atoms with E-state index in [0.29, 0.717) is 12.2 Å². The van der Waals surface area contributed by atoms with Crippen LogP contribution in [0.15, 0.2) is 0 Å². The van der Waals surface area contributed by atoms with Crippen molar-refractivity contribution in [1.82, 2.24) is 0 Å². The van der Waals surface area contributed by atoms with Gasteiger partial charge in [-0.05, 0) is 19.3 Å². The molecule has 0 bridgehead atoms. The fourth-order valence-corrected chi connectivity index (χ4v) is 1.93. The van der Waals surface area contributed by atoms with Crippen molar-refractivity contribution in [3.05, 3.63) is 0 Å². The van der Waals surface area contributed by atoms with Gasteiger partial charge in [-0.3, -0.25) is 0 Å². The molecule has 1 heterocycles. The second kappa shape index (κ2) is 2.44. The highest BCUT2D eigenvalue weighted by Crippen LogP contribution is 2.45. The second-order valence-corrected chi connectivity index (χ2v) is 3.77. The molecular weight excluding hydrogens is 144 g/mol. The topological polar surface area (TPSA) is 53.0 Å². The Bertz CT molecular complexity index is 153. The van der Waals surface area contributed by atoms with Gasteiger partial charge in [0.25, 0.3) is 0 Å². The van der Waals surface area contributed by atoms with Gasteiger partial charge in [0.05, 0.1) is 25.4 Å². The average molecular weight is 158 g/mol. The van der Waals surface area contributed by atoms with Gasteiger partial charge in [-0.1, -0.05) is 0 Å². The first-order valence-electron chi connectivity index (χ1n) is 4.17. The monoisotopic (exact) mass is 158 g/mol. The maximum Gasteiger partial charge on any atom is 0.0848 e. The summed E-state index contributed by atoms with van der Waals surface area (Å²) in [6.07, 6.45) is 3.53. The predicted octanol–water partition coefficient (Wildman–Crippen LogP) is -0.0913. The van der Waals surface area contributed by atoms with Crippen LogP contribution in [0.3, 0.4) is 0 Å². The quantitative estimate of drug-likeness (QED) is 0.552. The van der Waals surface area contributed by atoms with Crippen molar-refractivity contribution < 1.29 is 14.9 Å². The molecule has 1 aliphatic heterocycles. The molecule has 64 valence electrons. The first-order valence-corrected chi connectivity index (χ1v) is 4.17. The van der Waals surface area contributed by atoms with Crippen molar-refractivity contribution in [2.75, 3.05) is 13.2 Å². The van der Waals surface area contributed by atoms with Gasteiger partial charge in [-0.2, -0.15) is 0 Å². The molecule has 0 aromatic carbocycles. The molecule has 2 unspecified atom stereocenters. The van der Waals surface area contributed by atoms with Gasteiger partial charge in [-0.15, -0.1) is 0 Å². The Hall–Kier alpha value is -0.120. The molecule has 0 amide bonds. The van der Waals surface area contributed by atoms with Crippen molar-refractivity contribution in [2.45, 2.75) is 31.5 Å². The third-order valence-corrected chi connectivity index (χ3v) is 2.95. The molecule has 2 aliphatic rings. The van der Waals surface area contributed by atoms with Gasteiger partial charge < -0.3 is 14.9 Å². The Balaban J connectivity index is 2.00. The minimum Gasteiger partial charge on any atom is -0.396 e. The largest absolute Gasteiger partial charge is 0.396 e. The van der Waals surface area contributed by atoms with Crippen LogP contribution in [0.2, 0.25) is 0 Å². The third-order valence-electron chi connectivity index (χ3n) is 2.95. The molecule has 3 heteroatoms. The first kappa shape index (κ1) is 7.53. The maximum absolute atomic E-state index is 9.06. The zero-order valence-electron chi connectivity index (χ0n) is 6.49. The fourth-order valence-electron chi connectivity index (χ4n) is 1.93. The Kier molecular flexibility index (Phi) is 1.67. The van der Waals surface area contributed by atoms with Crippen LogP contribution in [-0.2, 0) is 4.74 Å². The number of fused-ring (bicyclic) bond motifs is 1. The molecule has 3 nitrogen and oxygen atoms in total. The molecule has 1 saturated carbocycles. The number of hydrogen-bond acceptors (Lipinski definition) is 3. The molecule has 0 radical (unpaired) electrons. The van der Waals surface area contributed by atoms with Crippen LogP contribution < -0.4 is 0 Å². The van der Waals surface area contributed by atoms with E-state index in [2.05, 4.69) is 0 Å². The summed E-state index contributed by atoms with van der Waals surface area (Å²) < 4.78 is 5.31. The number of aliphatic hydroxyl groups excluding tert-OH is 2. The summed E-state index contributed by atoms with van der Waals surface area (Å²) in [4.78, 5) is 0. The van der Waals surface area contributed by atoms with E-state index in [-0.39, 0.29) is 18.6 Å². The number of hydrogen-bond donors (Lipinski definition) is 2. The zero-order chi connectivity index (χ0) is 7.90. The molecule has 2 fully saturated rings. The van der Waals surface area contributed by atoms with Crippen molar-refractivity contribution in [1.29, 1.82) is 0 Å². The lowest BCUT2D eigenvalue weighted by atomic mass is 9.75. The van der Waals surface area contributed by atoms with Crippen molar-refractivity contribution in [2.24, 2.45) is 5.41 Å². The molecule has 1 aliphatic carbocycles. The molecule has 11 heavy (non-hydrogen) atoms. The van der Waals surface area contributed by atoms with E-state index in [9.17, 15) is 0 Å². The van der Waals surface area contributed by atoms with Gasteiger partial charge in [0.1, 0.15) is 0 Å². The molecule has 1 saturated heterocycles. The second-order valence-electron chi connectivity index (χ2n) is 3.77. The number of epoxide rings is 1. The van der Waals surface area contributed by atoms with E-state index >= 15 is 0 Å². The number of aliphatic hydroxyl groups is 2. The number of ether oxygens (including phenoxy) is 1. The lowest BCUT2D eigenvalue weighted by Crippen LogP contribution is -2.35. The van der Waals surface area contributed by atoms with Gasteiger partial charge in [-0.25, -0.2) is 0 Å². The minimum absolute atomic E-state index is 0.0933. The van der Waals surface area contributed by atoms with E-state index < -0.39 is 0 Å². The molecule has 0 spiro atoms. The average Bonchev–Trinajstić information content (AvgIpc) is 2.81. The molecule has 2 atom stereocenters. The van der Waals surface area contributed by atoms with Gasteiger partial charge >= 0.3 is 0 Å². The molecule has 2 N–H and O–H groups in total. The smallest absolute Gasteiger partial charge is 0.0848 e. The Morgan fingerprint density at radius 1 is 1.27 bits per heavy atom. The lowest BCUT2D eigenvalue weighted by Gasteiger charge is -2.31. The summed E-state index contributed by atoms with van der Waals surface area (Å²) >= 11 is 0. The number of rotatable bonds is 2. The van der Waals surface area contributed by atoms with E-state index in [1.807, 2.05) is 0 Å². The Labute approximate surface area is 66.0 Å². The highest BCUT2D eigenvalue weighted by atomic mass is 16.6. The van der Waals surface area contributed by atoms with Crippen LogP contribution >= 0.6 is 0 Å². The van der Waals surface area contributed by atoms with Crippen molar-refractivity contribution in [3.63, 3.8) is 0 Å². The standard InChI is InChI=1S/C8H14O3/c9-4-8(5-10)2-1-6-7(3-8)11-6/h6-7,9-10H,1-5H2. The summed E-state index contributed by atoms with van der Waals surface area (Å²) in [6, 6.07) is 0. The van der Waals surface area contributed by atoms with Crippen LogP contribution in [0.25, 0.3) is 0 Å². The summed E-state index contributed by atoms with van der Waals surface area (Å²) in [6.45, 7) is 0.187. The van der Waals surface area contributed by atoms with E-state index in [0.717, 1.165) is 19.3 Å². The van der Waals surface area contributed by atoms with Gasteiger partial charge in [0.15, 0.2) is 0 Å². The van der Waals surface area contributed by atoms with Crippen LogP contribution in [0, 0.1) is 5.41 Å². The SMILES string of the molecule is OCC1(CO)CCC2OC2C1. The maximum atomic E-state index is 9.06. The normalized spacial score (nSPS) is 39.8. The Morgan fingerprint density at radius 3 is 2.55 bits per heavy atom. The summed E-state index contributed by atoms with van der Waals surface area (Å²) in [5.41, 5.74) is -0.238. The summed E-state index contributed by atoms with van der Waals surface area (Å²) in [5, 5.41) is 18.1. The predicted molar refractivity (Wildman–Crippen MR) is 39.1 cm³/mol. The Morgan fingerprint density at radius 2 is 2.00 bits per heavy atom. The summed E-state index contributed by atoms with van der Waals surface area (Å²) in [7, 11) is 0. The van der Waals surface area contributed by atoms with Crippen LogP contribution in [-0.4, -0.2) is 35.6 Å². The highest BCUT2D eigenvalue weighted by molar-refractivity contribution is 4.98. The van der Waals surface area contributed by atoms with Gasteiger partial charge in [0.2, 0.25) is 0 Å². The molecule has 0 aromatic heterocycles. The van der Waals surface area contributed by atoms with Crippen molar-refractivity contribution >= 4 is 0 Å². The summed E-state index contributed by atoms with van der Waals surface area (Å²) in [5.74, 6) is 0. The first-order chi connectivity index (χ1) is 5.29. The molecular formula is C8H14O3. The van der Waals surface area contributed by atoms with Crippen LogP contribution in [0.5, 0.6) is 0 Å². The third kappa shape index (κ3) is 1.17. The van der Waals surface area contributed by atoms with Crippen LogP contribution in [0.4, 0.5) is 0 Å². The lowest BCUT2D eigenvalue weighted by molar-refractivity contribution is 0.0291. The van der Waals surface area contributed by atoms with Crippen molar-refractivity contribution in [3.8, 4) is 0 Å². The van der Waals surface area contributed by atoms with Gasteiger partial charge in [0, 0.05) is 5.41 Å².